The molecule has 2 rings (SSSR count). The van der Waals surface area contributed by atoms with Crippen LogP contribution >= 0.6 is 22.9 Å². The van der Waals surface area contributed by atoms with E-state index in [1.165, 1.54) is 11.3 Å². The number of hydrogen-bond acceptors (Lipinski definition) is 3. The molecule has 106 valence electrons. The van der Waals surface area contributed by atoms with Gasteiger partial charge in [-0.1, -0.05) is 17.7 Å². The second-order valence-corrected chi connectivity index (χ2v) is 6.47. The third kappa shape index (κ3) is 3.32. The van der Waals surface area contributed by atoms with Crippen LogP contribution in [0.15, 0.2) is 30.3 Å². The largest absolute Gasteiger partial charge is 0.387 e. The number of benzene rings is 1. The first kappa shape index (κ1) is 14.9. The van der Waals surface area contributed by atoms with Crippen LogP contribution in [0, 0.1) is 6.92 Å². The lowest BCUT2D eigenvalue weighted by Crippen LogP contribution is -2.26. The molecule has 0 radical (unpaired) electrons. The summed E-state index contributed by atoms with van der Waals surface area (Å²) in [6.07, 6.45) is 0. The maximum Gasteiger partial charge on any atom is 0.256 e. The Labute approximate surface area is 128 Å². The van der Waals surface area contributed by atoms with Gasteiger partial charge in [0.2, 0.25) is 0 Å². The van der Waals surface area contributed by atoms with Crippen molar-refractivity contribution in [3.8, 4) is 0 Å². The summed E-state index contributed by atoms with van der Waals surface area (Å²) >= 11 is 7.41. The van der Waals surface area contributed by atoms with Gasteiger partial charge in [-0.05, 0) is 36.8 Å². The molecule has 0 fully saturated rings. The Morgan fingerprint density at radius 2 is 2.10 bits per heavy atom. The van der Waals surface area contributed by atoms with Gasteiger partial charge < -0.3 is 10.2 Å². The molecule has 0 spiro atoms. The lowest BCUT2D eigenvalue weighted by Gasteiger charge is -2.18. The molecule has 5 heteroatoms. The van der Waals surface area contributed by atoms with Gasteiger partial charge in [-0.25, -0.2) is 0 Å². The van der Waals surface area contributed by atoms with Crippen molar-refractivity contribution in [2.45, 2.75) is 13.5 Å². The zero-order chi connectivity index (χ0) is 14.7. The molecule has 0 unspecified atom stereocenters. The molecule has 2 aromatic rings. The van der Waals surface area contributed by atoms with Gasteiger partial charge in [0.1, 0.15) is 0 Å². The molecule has 1 aromatic carbocycles. The number of thiophene rings is 1. The van der Waals surface area contributed by atoms with Crippen molar-refractivity contribution >= 4 is 34.5 Å². The highest BCUT2D eigenvalue weighted by atomic mass is 35.5. The van der Waals surface area contributed by atoms with Gasteiger partial charge in [-0.15, -0.1) is 11.3 Å². The molecule has 0 atom stereocenters. The van der Waals surface area contributed by atoms with Gasteiger partial charge in [-0.3, -0.25) is 4.79 Å². The Morgan fingerprint density at radius 1 is 1.35 bits per heavy atom. The number of amides is 1. The van der Waals surface area contributed by atoms with Crippen molar-refractivity contribution in [2.24, 2.45) is 0 Å². The van der Waals surface area contributed by atoms with Crippen LogP contribution in [0.25, 0.3) is 0 Å². The van der Waals surface area contributed by atoms with Crippen LogP contribution in [0.5, 0.6) is 0 Å². The number of anilines is 1. The molecule has 1 heterocycles. The monoisotopic (exact) mass is 308 g/mol. The number of aryl methyl sites for hydroxylation is 1. The summed E-state index contributed by atoms with van der Waals surface area (Å²) < 4.78 is 0.743. The second kappa shape index (κ2) is 6.29. The topological polar surface area (TPSA) is 32.3 Å². The molecule has 0 aliphatic rings. The van der Waals surface area contributed by atoms with Crippen molar-refractivity contribution in [3.63, 3.8) is 0 Å². The first-order valence-corrected chi connectivity index (χ1v) is 7.49. The van der Waals surface area contributed by atoms with E-state index in [9.17, 15) is 4.79 Å². The zero-order valence-electron chi connectivity index (χ0n) is 11.7. The van der Waals surface area contributed by atoms with E-state index in [1.54, 1.807) is 11.9 Å². The first-order chi connectivity index (χ1) is 9.51. The highest BCUT2D eigenvalue weighted by Crippen LogP contribution is 2.24. The Morgan fingerprint density at radius 3 is 2.70 bits per heavy atom. The quantitative estimate of drug-likeness (QED) is 0.925. The van der Waals surface area contributed by atoms with Crippen LogP contribution in [0.2, 0.25) is 4.34 Å². The van der Waals surface area contributed by atoms with Crippen LogP contribution in [0.1, 0.15) is 20.8 Å². The fourth-order valence-corrected chi connectivity index (χ4v) is 3.14. The van der Waals surface area contributed by atoms with Crippen LogP contribution in [0.3, 0.4) is 0 Å². The van der Waals surface area contributed by atoms with Gasteiger partial charge in [0, 0.05) is 24.7 Å². The van der Waals surface area contributed by atoms with E-state index in [0.29, 0.717) is 12.1 Å². The fourth-order valence-electron chi connectivity index (χ4n) is 2.00. The normalized spacial score (nSPS) is 10.4. The third-order valence-corrected chi connectivity index (χ3v) is 4.26. The molecule has 1 aromatic heterocycles. The molecule has 20 heavy (non-hydrogen) atoms. The van der Waals surface area contributed by atoms with E-state index in [2.05, 4.69) is 5.32 Å². The predicted molar refractivity (Wildman–Crippen MR) is 85.9 cm³/mol. The van der Waals surface area contributed by atoms with Crippen LogP contribution in [0.4, 0.5) is 5.69 Å². The highest BCUT2D eigenvalue weighted by molar-refractivity contribution is 7.16. The van der Waals surface area contributed by atoms with E-state index in [1.807, 2.05) is 44.3 Å². The average molecular weight is 309 g/mol. The summed E-state index contributed by atoms with van der Waals surface area (Å²) in [6, 6.07) is 9.59. The van der Waals surface area contributed by atoms with Gasteiger partial charge in [0.15, 0.2) is 0 Å². The summed E-state index contributed by atoms with van der Waals surface area (Å²) in [7, 11) is 3.62. The predicted octanol–water partition coefficient (Wildman–Crippen LogP) is 4.02. The van der Waals surface area contributed by atoms with Crippen LogP contribution in [-0.2, 0) is 6.54 Å². The van der Waals surface area contributed by atoms with Crippen LogP contribution in [-0.4, -0.2) is 24.9 Å². The fraction of sp³-hybridized carbons (Fsp3) is 0.267. The second-order valence-electron chi connectivity index (χ2n) is 4.67. The Balaban J connectivity index is 2.18. The van der Waals surface area contributed by atoms with Crippen molar-refractivity contribution in [3.05, 3.63) is 50.7 Å². The Hall–Kier alpha value is -1.52. The molecular formula is C15H17ClN2OS. The average Bonchev–Trinajstić information content (AvgIpc) is 2.83. The minimum Gasteiger partial charge on any atom is -0.387 e. The molecule has 3 nitrogen and oxygen atoms in total. The van der Waals surface area contributed by atoms with E-state index in [4.69, 9.17) is 11.6 Å². The summed E-state index contributed by atoms with van der Waals surface area (Å²) in [4.78, 5) is 15.3. The van der Waals surface area contributed by atoms with E-state index < -0.39 is 0 Å². The molecule has 0 aliphatic carbocycles. The number of carbonyl (C=O) groups excluding carboxylic acids is 1. The Kier molecular flexibility index (Phi) is 4.68. The molecule has 0 saturated carbocycles. The number of halogens is 1. The van der Waals surface area contributed by atoms with Gasteiger partial charge in [0.05, 0.1) is 16.4 Å². The minimum absolute atomic E-state index is 0.00104. The van der Waals surface area contributed by atoms with Crippen molar-refractivity contribution in [1.82, 2.24) is 4.90 Å². The van der Waals surface area contributed by atoms with Crippen molar-refractivity contribution < 1.29 is 4.79 Å². The number of hydrogen-bond donors (Lipinski definition) is 1. The highest BCUT2D eigenvalue weighted by Gasteiger charge is 2.16. The van der Waals surface area contributed by atoms with Crippen molar-refractivity contribution in [1.29, 1.82) is 0 Å². The maximum atomic E-state index is 12.5. The van der Waals surface area contributed by atoms with E-state index in [0.717, 1.165) is 20.5 Å². The van der Waals surface area contributed by atoms with Gasteiger partial charge in [0.25, 0.3) is 5.91 Å². The van der Waals surface area contributed by atoms with E-state index in [-0.39, 0.29) is 5.91 Å². The molecule has 0 bridgehead atoms. The van der Waals surface area contributed by atoms with Crippen LogP contribution < -0.4 is 5.32 Å². The molecular weight excluding hydrogens is 292 g/mol. The van der Waals surface area contributed by atoms with Gasteiger partial charge >= 0.3 is 0 Å². The molecule has 1 N–H and O–H groups in total. The minimum atomic E-state index is -0.00104. The van der Waals surface area contributed by atoms with Crippen molar-refractivity contribution in [2.75, 3.05) is 19.4 Å². The SMILES string of the molecule is CNc1cc(C)ccc1C(=O)N(C)Cc1ccc(Cl)s1. The first-order valence-electron chi connectivity index (χ1n) is 6.29. The summed E-state index contributed by atoms with van der Waals surface area (Å²) in [6.45, 7) is 2.57. The smallest absolute Gasteiger partial charge is 0.256 e. The number of rotatable bonds is 4. The maximum absolute atomic E-state index is 12.5. The number of nitrogens with zero attached hydrogens (tertiary/aromatic N) is 1. The van der Waals surface area contributed by atoms with E-state index >= 15 is 0 Å². The molecule has 1 amide bonds. The molecule has 0 saturated heterocycles. The lowest BCUT2D eigenvalue weighted by atomic mass is 10.1. The third-order valence-electron chi connectivity index (χ3n) is 3.04. The summed E-state index contributed by atoms with van der Waals surface area (Å²) in [5, 5.41) is 3.07. The lowest BCUT2D eigenvalue weighted by molar-refractivity contribution is 0.0787. The molecule has 0 aliphatic heterocycles. The number of carbonyl (C=O) groups is 1. The summed E-state index contributed by atoms with van der Waals surface area (Å²) in [5.41, 5.74) is 2.66. The Bertz CT molecular complexity index is 624. The zero-order valence-corrected chi connectivity index (χ0v) is 13.3. The summed E-state index contributed by atoms with van der Waals surface area (Å²) in [5.74, 6) is -0.00104. The standard InChI is InChI=1S/C15H17ClN2OS/c1-10-4-6-12(13(8-10)17-2)15(19)18(3)9-11-5-7-14(16)20-11/h4-8,17H,9H2,1-3H3. The number of nitrogens with one attached hydrogen (secondary N) is 1. The van der Waals surface area contributed by atoms with Gasteiger partial charge in [-0.2, -0.15) is 0 Å².